The Kier molecular flexibility index (Phi) is 8.23. The largest absolute Gasteiger partial charge is 0.346 e. The smallest absolute Gasteiger partial charge is 0.267 e. The number of hydrogen-bond acceptors (Lipinski definition) is 10. The van der Waals surface area contributed by atoms with Crippen LogP contribution >= 0.6 is 35.6 Å². The Morgan fingerprint density at radius 2 is 1.56 bits per heavy atom. The minimum atomic E-state index is -4.01. The molecule has 0 aromatic rings. The Labute approximate surface area is 201 Å². The molecule has 32 heavy (non-hydrogen) atoms. The van der Waals surface area contributed by atoms with Crippen molar-refractivity contribution in [1.29, 1.82) is 0 Å². The van der Waals surface area contributed by atoms with E-state index in [0.717, 1.165) is 61.2 Å². The second kappa shape index (κ2) is 10.6. The zero-order valence-electron chi connectivity index (χ0n) is 18.1. The summed E-state index contributed by atoms with van der Waals surface area (Å²) in [4.78, 5) is 4.54. The predicted molar refractivity (Wildman–Crippen MR) is 129 cm³/mol. The lowest BCUT2D eigenvalue weighted by Crippen LogP contribution is -2.43. The van der Waals surface area contributed by atoms with Gasteiger partial charge in [-0.2, -0.15) is 8.42 Å². The summed E-state index contributed by atoms with van der Waals surface area (Å²) in [6.07, 6.45) is 4.58. The summed E-state index contributed by atoms with van der Waals surface area (Å²) < 4.78 is 37.4. The summed E-state index contributed by atoms with van der Waals surface area (Å²) >= 11 is 4.49. The monoisotopic (exact) mass is 526 g/mol. The van der Waals surface area contributed by atoms with Crippen molar-refractivity contribution >= 4 is 56.0 Å². The summed E-state index contributed by atoms with van der Waals surface area (Å²) in [6, 6.07) is 0.641. The van der Waals surface area contributed by atoms with Crippen molar-refractivity contribution in [3.8, 4) is 0 Å². The predicted octanol–water partition coefficient (Wildman–Crippen LogP) is 3.29. The Morgan fingerprint density at radius 3 is 2.09 bits per heavy atom. The molecule has 182 valence electrons. The van der Waals surface area contributed by atoms with Gasteiger partial charge in [-0.05, 0) is 52.4 Å². The zero-order chi connectivity index (χ0) is 22.9. The van der Waals surface area contributed by atoms with Crippen LogP contribution in [0.3, 0.4) is 0 Å². The van der Waals surface area contributed by atoms with Crippen molar-refractivity contribution in [2.24, 2.45) is 10.2 Å². The maximum absolute atomic E-state index is 11.6. The molecule has 2 N–H and O–H groups in total. The lowest BCUT2D eigenvalue weighted by molar-refractivity contribution is -0.432. The van der Waals surface area contributed by atoms with E-state index in [-0.39, 0.29) is 16.5 Å². The van der Waals surface area contributed by atoms with Crippen molar-refractivity contribution in [3.63, 3.8) is 0 Å². The quantitative estimate of drug-likeness (QED) is 0.220. The van der Waals surface area contributed by atoms with Crippen molar-refractivity contribution < 1.29 is 27.6 Å². The molecule has 2 aliphatic heterocycles. The highest BCUT2D eigenvalue weighted by Gasteiger charge is 2.46. The maximum atomic E-state index is 11.6. The third kappa shape index (κ3) is 5.21. The lowest BCUT2D eigenvalue weighted by atomic mass is 9.93. The van der Waals surface area contributed by atoms with Crippen LogP contribution in [0.2, 0.25) is 0 Å². The molecule has 4 fully saturated rings. The van der Waals surface area contributed by atoms with Crippen LogP contribution in [0.5, 0.6) is 0 Å². The SMILES string of the molecule is CCN1C(=NN=C2SC3CC(S(=O)(=O)O)CCC3N2CC)SC2CC(SOOO)CCC21. The third-order valence-corrected chi connectivity index (χ3v) is 11.5. The molecule has 0 aromatic heterocycles. The first kappa shape index (κ1) is 24.9. The molecule has 6 unspecified atom stereocenters. The van der Waals surface area contributed by atoms with Gasteiger partial charge in [0.1, 0.15) is 0 Å². The van der Waals surface area contributed by atoms with Crippen LogP contribution in [0.4, 0.5) is 0 Å². The third-order valence-electron chi connectivity index (χ3n) is 6.75. The van der Waals surface area contributed by atoms with Gasteiger partial charge in [-0.25, -0.2) is 5.26 Å². The second-order valence-corrected chi connectivity index (χ2v) is 13.5. The van der Waals surface area contributed by atoms with E-state index in [2.05, 4.69) is 43.2 Å². The Hall–Kier alpha value is -0.220. The molecule has 2 aliphatic carbocycles. The van der Waals surface area contributed by atoms with E-state index in [1.807, 2.05) is 0 Å². The second-order valence-electron chi connectivity index (χ2n) is 8.41. The van der Waals surface area contributed by atoms with E-state index in [4.69, 9.17) is 5.26 Å². The fraction of sp³-hybridized carbons (Fsp3) is 0.889. The average molecular weight is 527 g/mol. The normalized spacial score (nSPS) is 37.9. The van der Waals surface area contributed by atoms with E-state index in [1.54, 1.807) is 23.5 Å². The molecule has 14 heteroatoms. The summed E-state index contributed by atoms with van der Waals surface area (Å²) in [5.74, 6) is 0. The molecule has 0 bridgehead atoms. The Balaban J connectivity index is 1.47. The van der Waals surface area contributed by atoms with Crippen molar-refractivity contribution in [2.45, 2.75) is 85.5 Å². The summed E-state index contributed by atoms with van der Waals surface area (Å²) in [5, 5.41) is 23.3. The summed E-state index contributed by atoms with van der Waals surface area (Å²) in [5.41, 5.74) is 0. The molecular formula is C18H30N4O6S4. The summed E-state index contributed by atoms with van der Waals surface area (Å²) in [7, 11) is -4.01. The van der Waals surface area contributed by atoms with Crippen molar-refractivity contribution in [2.75, 3.05) is 13.1 Å². The van der Waals surface area contributed by atoms with E-state index in [0.29, 0.717) is 24.1 Å². The zero-order valence-corrected chi connectivity index (χ0v) is 21.3. The fourth-order valence-electron chi connectivity index (χ4n) is 5.23. The molecule has 4 rings (SSSR count). The molecule has 0 aromatic carbocycles. The minimum absolute atomic E-state index is 0.0993. The van der Waals surface area contributed by atoms with Crippen LogP contribution < -0.4 is 0 Å². The van der Waals surface area contributed by atoms with Crippen LogP contribution in [0, 0.1) is 0 Å². The number of nitrogens with zero attached hydrogens (tertiary/aromatic N) is 4. The van der Waals surface area contributed by atoms with E-state index < -0.39 is 15.4 Å². The van der Waals surface area contributed by atoms with Gasteiger partial charge < -0.3 is 9.80 Å². The van der Waals surface area contributed by atoms with Gasteiger partial charge in [0.05, 0.1) is 5.25 Å². The number of fused-ring (bicyclic) bond motifs is 2. The van der Waals surface area contributed by atoms with Gasteiger partial charge in [-0.15, -0.1) is 14.5 Å². The van der Waals surface area contributed by atoms with Crippen LogP contribution in [-0.2, 0) is 19.5 Å². The number of rotatable bonds is 7. The molecule has 2 heterocycles. The van der Waals surface area contributed by atoms with E-state index in [1.165, 1.54) is 0 Å². The van der Waals surface area contributed by atoms with Gasteiger partial charge in [-0.1, -0.05) is 28.6 Å². The minimum Gasteiger partial charge on any atom is -0.346 e. The molecule has 2 saturated heterocycles. The highest BCUT2D eigenvalue weighted by molar-refractivity contribution is 8.15. The molecule has 10 nitrogen and oxygen atoms in total. The fourth-order valence-corrected chi connectivity index (χ4v) is 10.1. The lowest BCUT2D eigenvalue weighted by Gasteiger charge is -2.33. The molecule has 6 atom stereocenters. The molecule has 4 aliphatic rings. The molecule has 0 spiro atoms. The van der Waals surface area contributed by atoms with Crippen LogP contribution in [-0.4, -0.2) is 84.5 Å². The van der Waals surface area contributed by atoms with Crippen molar-refractivity contribution in [1.82, 2.24) is 9.80 Å². The molecular weight excluding hydrogens is 496 g/mol. The highest BCUT2D eigenvalue weighted by atomic mass is 32.2. The average Bonchev–Trinajstić information content (AvgIpc) is 3.31. The van der Waals surface area contributed by atoms with Gasteiger partial charge >= 0.3 is 0 Å². The first-order valence-electron chi connectivity index (χ1n) is 11.0. The Bertz CT molecular complexity index is 843. The van der Waals surface area contributed by atoms with Gasteiger partial charge in [-0.3, -0.25) is 4.55 Å². The van der Waals surface area contributed by atoms with Crippen molar-refractivity contribution in [3.05, 3.63) is 0 Å². The topological polar surface area (TPSA) is 124 Å². The highest BCUT2D eigenvalue weighted by Crippen LogP contribution is 2.44. The van der Waals surface area contributed by atoms with Crippen LogP contribution in [0.15, 0.2) is 10.2 Å². The number of thioether (sulfide) groups is 2. The van der Waals surface area contributed by atoms with Gasteiger partial charge in [0.2, 0.25) is 0 Å². The van der Waals surface area contributed by atoms with Crippen LogP contribution in [0.25, 0.3) is 0 Å². The van der Waals surface area contributed by atoms with Gasteiger partial charge in [0.15, 0.2) is 10.3 Å². The van der Waals surface area contributed by atoms with E-state index >= 15 is 0 Å². The molecule has 0 amide bonds. The van der Waals surface area contributed by atoms with E-state index in [9.17, 15) is 13.0 Å². The van der Waals surface area contributed by atoms with Crippen LogP contribution in [0.1, 0.15) is 52.4 Å². The molecule has 2 saturated carbocycles. The number of hydrogen-bond donors (Lipinski definition) is 2. The standard InChI is InChI=1S/C18H30N4O6S4/c1-3-21-13-7-5-11(31-28-27-23)9-15(13)29-17(21)19-20-18-22(4-2)14-8-6-12(32(24,25)26)10-16(14)30-18/h11-16,23H,3-10H2,1-2H3,(H,24,25,26). The summed E-state index contributed by atoms with van der Waals surface area (Å²) in [6.45, 7) is 5.85. The first-order valence-corrected chi connectivity index (χ1v) is 15.0. The first-order chi connectivity index (χ1) is 15.4. The van der Waals surface area contributed by atoms with Gasteiger partial charge in [0.25, 0.3) is 10.1 Å². The van der Waals surface area contributed by atoms with Gasteiger partial charge in [0, 0.05) is 53.0 Å². The molecule has 0 radical (unpaired) electrons. The maximum Gasteiger partial charge on any atom is 0.267 e. The number of amidine groups is 2. The Morgan fingerprint density at radius 1 is 1.00 bits per heavy atom.